The molecule has 0 amide bonds. The van der Waals surface area contributed by atoms with E-state index < -0.39 is 5.97 Å². The number of rotatable bonds is 5. The molecule has 4 heteroatoms. The van der Waals surface area contributed by atoms with Gasteiger partial charge in [-0.3, -0.25) is 0 Å². The average molecular weight is 293 g/mol. The number of carbonyl (C=O) groups excluding carboxylic acids is 1. The smallest absolute Gasteiger partial charge is 0.333 e. The van der Waals surface area contributed by atoms with Crippen molar-refractivity contribution in [2.45, 2.75) is 6.92 Å². The second-order valence-electron chi connectivity index (χ2n) is 4.60. The predicted molar refractivity (Wildman–Crippen MR) is 83.1 cm³/mol. The fourth-order valence-electron chi connectivity index (χ4n) is 1.94. The fraction of sp³-hybridized carbons (Fsp3) is 0.111. The highest BCUT2D eigenvalue weighted by Crippen LogP contribution is 2.26. The van der Waals surface area contributed by atoms with Gasteiger partial charge in [-0.25, -0.2) is 4.79 Å². The number of hydrogen-bond acceptors (Lipinski definition) is 4. The molecule has 0 aliphatic rings. The number of ether oxygens (including phenoxy) is 2. The van der Waals surface area contributed by atoms with Crippen LogP contribution in [0.4, 0.5) is 0 Å². The monoisotopic (exact) mass is 293 g/mol. The lowest BCUT2D eigenvalue weighted by Gasteiger charge is -2.10. The van der Waals surface area contributed by atoms with Crippen molar-refractivity contribution in [3.05, 3.63) is 66.2 Å². The van der Waals surface area contributed by atoms with E-state index in [0.717, 1.165) is 22.8 Å². The van der Waals surface area contributed by atoms with Crippen molar-refractivity contribution >= 4 is 5.97 Å². The second kappa shape index (κ2) is 7.09. The van der Waals surface area contributed by atoms with Crippen LogP contribution in [0.2, 0.25) is 0 Å². The van der Waals surface area contributed by atoms with Crippen LogP contribution in [0, 0.1) is 18.3 Å². The molecule has 0 aliphatic carbocycles. The van der Waals surface area contributed by atoms with Crippen molar-refractivity contribution in [2.24, 2.45) is 0 Å². The lowest BCUT2D eigenvalue weighted by Crippen LogP contribution is -2.08. The maximum Gasteiger partial charge on any atom is 0.333 e. The van der Waals surface area contributed by atoms with Crippen molar-refractivity contribution in [1.82, 2.24) is 0 Å². The van der Waals surface area contributed by atoms with Gasteiger partial charge in [0.05, 0.1) is 11.6 Å². The van der Waals surface area contributed by atoms with E-state index in [9.17, 15) is 4.79 Å². The Morgan fingerprint density at radius 3 is 2.50 bits per heavy atom. The summed E-state index contributed by atoms with van der Waals surface area (Å²) in [5.74, 6) is 0.126. The molecule has 0 fully saturated rings. The highest BCUT2D eigenvalue weighted by molar-refractivity contribution is 5.81. The number of esters is 1. The normalized spacial score (nSPS) is 9.64. The average Bonchev–Trinajstić information content (AvgIpc) is 2.56. The van der Waals surface area contributed by atoms with Gasteiger partial charge in [-0.15, -0.1) is 0 Å². The van der Waals surface area contributed by atoms with Crippen LogP contribution >= 0.6 is 0 Å². The van der Waals surface area contributed by atoms with Gasteiger partial charge in [0, 0.05) is 6.08 Å². The summed E-state index contributed by atoms with van der Waals surface area (Å²) in [6, 6.07) is 15.2. The summed E-state index contributed by atoms with van der Waals surface area (Å²) < 4.78 is 10.2. The van der Waals surface area contributed by atoms with Gasteiger partial charge < -0.3 is 9.47 Å². The quantitative estimate of drug-likeness (QED) is 0.480. The largest absolute Gasteiger partial charge is 0.457 e. The number of nitrogens with zero attached hydrogens (tertiary/aromatic N) is 1. The summed E-state index contributed by atoms with van der Waals surface area (Å²) >= 11 is 0. The fourth-order valence-corrected chi connectivity index (χ4v) is 1.94. The van der Waals surface area contributed by atoms with E-state index in [-0.39, 0.29) is 6.79 Å². The van der Waals surface area contributed by atoms with Crippen molar-refractivity contribution < 1.29 is 14.3 Å². The Bertz CT molecular complexity index is 727. The third-order valence-corrected chi connectivity index (χ3v) is 3.10. The van der Waals surface area contributed by atoms with Gasteiger partial charge in [-0.05, 0) is 47.9 Å². The van der Waals surface area contributed by atoms with Gasteiger partial charge in [0.15, 0.2) is 0 Å². The van der Waals surface area contributed by atoms with Crippen molar-refractivity contribution in [3.63, 3.8) is 0 Å². The summed E-state index contributed by atoms with van der Waals surface area (Å²) in [5.41, 5.74) is 3.60. The number of nitriles is 1. The predicted octanol–water partition coefficient (Wildman–Crippen LogP) is 3.60. The molecule has 2 rings (SSSR count). The van der Waals surface area contributed by atoms with E-state index in [0.29, 0.717) is 11.3 Å². The van der Waals surface area contributed by atoms with Crippen LogP contribution in [0.5, 0.6) is 5.75 Å². The Hall–Kier alpha value is -3.06. The molecule has 0 aliphatic heterocycles. The molecule has 4 nitrogen and oxygen atoms in total. The number of hydrogen-bond donors (Lipinski definition) is 0. The van der Waals surface area contributed by atoms with Crippen molar-refractivity contribution in [2.75, 3.05) is 6.79 Å². The van der Waals surface area contributed by atoms with Crippen LogP contribution in [0.3, 0.4) is 0 Å². The molecule has 0 bridgehead atoms. The first-order valence-corrected chi connectivity index (χ1v) is 6.67. The Morgan fingerprint density at radius 2 is 1.91 bits per heavy atom. The minimum Gasteiger partial charge on any atom is -0.457 e. The van der Waals surface area contributed by atoms with E-state index in [2.05, 4.69) is 12.6 Å². The standard InChI is InChI=1S/C18H15NO3/c1-3-18(20)22-12-21-17-9-8-16(10-13(17)2)15-6-4-14(11-19)5-7-15/h3-10H,1,12H2,2H3. The molecule has 22 heavy (non-hydrogen) atoms. The highest BCUT2D eigenvalue weighted by Gasteiger charge is 2.04. The summed E-state index contributed by atoms with van der Waals surface area (Å²) in [5, 5.41) is 8.81. The first-order valence-electron chi connectivity index (χ1n) is 6.67. The van der Waals surface area contributed by atoms with Crippen LogP contribution in [0.25, 0.3) is 11.1 Å². The molecular formula is C18H15NO3. The lowest BCUT2D eigenvalue weighted by molar-refractivity contribution is -0.144. The van der Waals surface area contributed by atoms with E-state index in [4.69, 9.17) is 14.7 Å². The molecule has 0 atom stereocenters. The molecule has 0 spiro atoms. The lowest BCUT2D eigenvalue weighted by atomic mass is 10.0. The maximum absolute atomic E-state index is 10.9. The van der Waals surface area contributed by atoms with E-state index in [1.54, 1.807) is 12.1 Å². The molecular weight excluding hydrogens is 278 g/mol. The summed E-state index contributed by atoms with van der Waals surface area (Å²) in [4.78, 5) is 10.9. The van der Waals surface area contributed by atoms with Gasteiger partial charge in [0.1, 0.15) is 5.75 Å². The highest BCUT2D eigenvalue weighted by atomic mass is 16.7. The Kier molecular flexibility index (Phi) is 4.94. The molecule has 0 aromatic heterocycles. The van der Waals surface area contributed by atoms with Crippen LogP contribution in [0.15, 0.2) is 55.1 Å². The maximum atomic E-state index is 10.9. The van der Waals surface area contributed by atoms with Gasteiger partial charge >= 0.3 is 5.97 Å². The molecule has 0 unspecified atom stereocenters. The number of carbonyl (C=O) groups is 1. The summed E-state index contributed by atoms with van der Waals surface area (Å²) in [6.45, 7) is 5.07. The third kappa shape index (κ3) is 3.74. The molecule has 2 aromatic rings. The molecule has 0 N–H and O–H groups in total. The van der Waals surface area contributed by atoms with E-state index in [1.807, 2.05) is 37.3 Å². The third-order valence-electron chi connectivity index (χ3n) is 3.10. The molecule has 0 radical (unpaired) electrons. The zero-order valence-electron chi connectivity index (χ0n) is 12.2. The van der Waals surface area contributed by atoms with Crippen LogP contribution in [-0.4, -0.2) is 12.8 Å². The first kappa shape index (κ1) is 15.3. The number of benzene rings is 2. The zero-order chi connectivity index (χ0) is 15.9. The van der Waals surface area contributed by atoms with Gasteiger partial charge in [-0.1, -0.05) is 24.8 Å². The van der Waals surface area contributed by atoms with Crippen LogP contribution in [-0.2, 0) is 9.53 Å². The summed E-state index contributed by atoms with van der Waals surface area (Å²) in [6.07, 6.45) is 1.09. The topological polar surface area (TPSA) is 59.3 Å². The summed E-state index contributed by atoms with van der Waals surface area (Å²) in [7, 11) is 0. The van der Waals surface area contributed by atoms with Gasteiger partial charge in [0.2, 0.25) is 6.79 Å². The van der Waals surface area contributed by atoms with Crippen molar-refractivity contribution in [3.8, 4) is 22.9 Å². The van der Waals surface area contributed by atoms with Crippen molar-refractivity contribution in [1.29, 1.82) is 5.26 Å². The molecule has 0 saturated carbocycles. The minimum absolute atomic E-state index is 0.151. The van der Waals surface area contributed by atoms with Gasteiger partial charge in [0.25, 0.3) is 0 Å². The Labute approximate surface area is 129 Å². The Balaban J connectivity index is 2.10. The zero-order valence-corrected chi connectivity index (χ0v) is 12.2. The number of aryl methyl sites for hydroxylation is 1. The van der Waals surface area contributed by atoms with Crippen LogP contribution < -0.4 is 4.74 Å². The molecule has 0 heterocycles. The minimum atomic E-state index is -0.521. The molecule has 2 aromatic carbocycles. The molecule has 0 saturated heterocycles. The molecule has 110 valence electrons. The van der Waals surface area contributed by atoms with Crippen LogP contribution in [0.1, 0.15) is 11.1 Å². The van der Waals surface area contributed by atoms with E-state index in [1.165, 1.54) is 0 Å². The SMILES string of the molecule is C=CC(=O)OCOc1ccc(-c2ccc(C#N)cc2)cc1C. The Morgan fingerprint density at radius 1 is 1.23 bits per heavy atom. The second-order valence-corrected chi connectivity index (χ2v) is 4.60. The first-order chi connectivity index (χ1) is 10.6. The van der Waals surface area contributed by atoms with Gasteiger partial charge in [-0.2, -0.15) is 5.26 Å². The van der Waals surface area contributed by atoms with E-state index >= 15 is 0 Å².